The van der Waals surface area contributed by atoms with E-state index in [9.17, 15) is 19.7 Å². The van der Waals surface area contributed by atoms with Crippen molar-refractivity contribution in [3.63, 3.8) is 0 Å². The zero-order valence-electron chi connectivity index (χ0n) is 15.4. The number of nitro groups is 1. The lowest BCUT2D eigenvalue weighted by molar-refractivity contribution is -0.384. The van der Waals surface area contributed by atoms with Crippen LogP contribution in [0.2, 0.25) is 0 Å². The molecule has 1 aromatic carbocycles. The van der Waals surface area contributed by atoms with E-state index >= 15 is 0 Å². The number of allylic oxidation sites excluding steroid dienone is 2. The van der Waals surface area contributed by atoms with E-state index in [1.54, 1.807) is 12.1 Å². The Morgan fingerprint density at radius 1 is 1.21 bits per heavy atom. The molecule has 9 nitrogen and oxygen atoms in total. The minimum atomic E-state index is -0.660. The van der Waals surface area contributed by atoms with Crippen LogP contribution in [0.3, 0.4) is 0 Å². The highest BCUT2D eigenvalue weighted by Crippen LogP contribution is 2.47. The van der Waals surface area contributed by atoms with E-state index in [1.165, 1.54) is 12.1 Å². The monoisotopic (exact) mass is 381 g/mol. The Bertz CT molecular complexity index is 1100. The number of anilines is 2. The molecule has 2 aromatic rings. The number of hydrogen-bond acceptors (Lipinski definition) is 7. The number of non-ortho nitro benzene ring substituents is 1. The smallest absolute Gasteiger partial charge is 0.269 e. The Morgan fingerprint density at radius 3 is 2.54 bits per heavy atom. The van der Waals surface area contributed by atoms with Crippen LogP contribution < -0.4 is 16.6 Å². The number of nitro benzene ring substituents is 1. The summed E-state index contributed by atoms with van der Waals surface area (Å²) in [5.41, 5.74) is 7.10. The Labute approximate surface area is 159 Å². The lowest BCUT2D eigenvalue weighted by Gasteiger charge is -2.38. The van der Waals surface area contributed by atoms with Crippen molar-refractivity contribution in [3.05, 3.63) is 67.1 Å². The minimum absolute atomic E-state index is 0.0239. The molecule has 1 aromatic heterocycles. The fraction of sp³-hybridized carbons (Fsp3) is 0.316. The van der Waals surface area contributed by atoms with E-state index in [-0.39, 0.29) is 28.4 Å². The Kier molecular flexibility index (Phi) is 3.84. The maximum Gasteiger partial charge on any atom is 0.269 e. The van der Waals surface area contributed by atoms with Crippen molar-refractivity contribution in [2.24, 2.45) is 5.41 Å². The third kappa shape index (κ3) is 2.84. The molecule has 0 radical (unpaired) electrons. The molecule has 1 atom stereocenters. The van der Waals surface area contributed by atoms with Gasteiger partial charge in [-0.1, -0.05) is 26.0 Å². The van der Waals surface area contributed by atoms with Crippen LogP contribution in [0.5, 0.6) is 0 Å². The number of hydrogen-bond donors (Lipinski definition) is 3. The summed E-state index contributed by atoms with van der Waals surface area (Å²) in [4.78, 5) is 42.9. The van der Waals surface area contributed by atoms with Crippen molar-refractivity contribution in [2.45, 2.75) is 32.6 Å². The number of nitrogens with zero attached hydrogens (tertiary/aromatic N) is 2. The first-order valence-corrected chi connectivity index (χ1v) is 8.83. The molecule has 0 spiro atoms. The van der Waals surface area contributed by atoms with E-state index in [4.69, 9.17) is 5.73 Å². The quantitative estimate of drug-likeness (QED) is 0.535. The van der Waals surface area contributed by atoms with Crippen LogP contribution in [0.1, 0.15) is 43.7 Å². The lowest BCUT2D eigenvalue weighted by Crippen LogP contribution is -2.37. The van der Waals surface area contributed by atoms with Gasteiger partial charge in [0.2, 0.25) is 5.95 Å². The van der Waals surface area contributed by atoms with Crippen molar-refractivity contribution < 1.29 is 9.72 Å². The Balaban J connectivity index is 1.95. The van der Waals surface area contributed by atoms with Gasteiger partial charge in [-0.25, -0.2) is 0 Å². The van der Waals surface area contributed by atoms with Gasteiger partial charge in [0, 0.05) is 35.7 Å². The molecule has 0 amide bonds. The summed E-state index contributed by atoms with van der Waals surface area (Å²) in [7, 11) is 0. The summed E-state index contributed by atoms with van der Waals surface area (Å²) in [5.74, 6) is -0.422. The van der Waals surface area contributed by atoms with Crippen LogP contribution in [0.4, 0.5) is 17.5 Å². The number of aromatic nitrogens is 2. The van der Waals surface area contributed by atoms with Crippen molar-refractivity contribution in [3.8, 4) is 0 Å². The van der Waals surface area contributed by atoms with Gasteiger partial charge in [-0.2, -0.15) is 4.98 Å². The number of rotatable bonds is 2. The number of nitrogens with one attached hydrogen (secondary N) is 2. The van der Waals surface area contributed by atoms with E-state index in [0.29, 0.717) is 29.8 Å². The minimum Gasteiger partial charge on any atom is -0.369 e. The molecule has 28 heavy (non-hydrogen) atoms. The molecule has 1 aliphatic heterocycles. The summed E-state index contributed by atoms with van der Waals surface area (Å²) in [5, 5.41) is 14.1. The molecule has 0 fully saturated rings. The van der Waals surface area contributed by atoms with Crippen LogP contribution in [0, 0.1) is 15.5 Å². The molecule has 2 heterocycles. The number of nitrogens with two attached hydrogens (primary N) is 1. The molecular formula is C19H19N5O4. The fourth-order valence-corrected chi connectivity index (χ4v) is 4.05. The molecule has 1 unspecified atom stereocenters. The summed E-state index contributed by atoms with van der Waals surface area (Å²) in [6.45, 7) is 4.01. The molecule has 4 N–H and O–H groups in total. The fourth-order valence-electron chi connectivity index (χ4n) is 4.05. The topological polar surface area (TPSA) is 144 Å². The highest BCUT2D eigenvalue weighted by Gasteiger charge is 2.42. The van der Waals surface area contributed by atoms with Crippen molar-refractivity contribution in [2.75, 3.05) is 11.1 Å². The van der Waals surface area contributed by atoms with E-state index < -0.39 is 16.4 Å². The SMILES string of the molecule is CC1(C)CC(=O)C2=C(C1)Nc1nc(N)[nH]c(=O)c1C2c1ccc([N+](=O)[O-])cc1. The second-order valence-electron chi connectivity index (χ2n) is 7.95. The zero-order valence-corrected chi connectivity index (χ0v) is 15.4. The maximum atomic E-state index is 13.0. The molecule has 9 heteroatoms. The lowest BCUT2D eigenvalue weighted by atomic mass is 9.69. The highest BCUT2D eigenvalue weighted by molar-refractivity contribution is 6.01. The van der Waals surface area contributed by atoms with Crippen molar-refractivity contribution in [1.82, 2.24) is 9.97 Å². The number of H-pyrrole nitrogens is 1. The number of fused-ring (bicyclic) bond motifs is 1. The number of nitrogen functional groups attached to an aromatic ring is 1. The zero-order chi connectivity index (χ0) is 20.2. The second-order valence-corrected chi connectivity index (χ2v) is 7.95. The van der Waals surface area contributed by atoms with Crippen molar-refractivity contribution >= 4 is 23.2 Å². The Morgan fingerprint density at radius 2 is 1.89 bits per heavy atom. The van der Waals surface area contributed by atoms with E-state index in [0.717, 1.165) is 5.70 Å². The first-order chi connectivity index (χ1) is 13.2. The van der Waals surface area contributed by atoms with Gasteiger partial charge in [0.15, 0.2) is 5.78 Å². The number of carbonyl (C=O) groups excluding carboxylic acids is 1. The van der Waals surface area contributed by atoms with E-state index in [2.05, 4.69) is 15.3 Å². The number of Topliss-reactive ketones (excluding diaryl/α,β-unsaturated/α-hetero) is 1. The number of benzene rings is 1. The number of carbonyl (C=O) groups is 1. The first kappa shape index (κ1) is 17.9. The predicted molar refractivity (Wildman–Crippen MR) is 103 cm³/mol. The number of aromatic amines is 1. The van der Waals surface area contributed by atoms with Crippen LogP contribution in [-0.4, -0.2) is 20.7 Å². The van der Waals surface area contributed by atoms with Crippen LogP contribution in [-0.2, 0) is 4.79 Å². The summed E-state index contributed by atoms with van der Waals surface area (Å²) in [6.07, 6.45) is 0.970. The van der Waals surface area contributed by atoms with Crippen LogP contribution >= 0.6 is 0 Å². The average molecular weight is 381 g/mol. The molecule has 144 valence electrons. The predicted octanol–water partition coefficient (Wildman–Crippen LogP) is 2.46. The van der Waals surface area contributed by atoms with Gasteiger partial charge in [0.25, 0.3) is 11.2 Å². The van der Waals surface area contributed by atoms with Gasteiger partial charge in [0.1, 0.15) is 5.82 Å². The molecule has 2 aliphatic rings. The largest absolute Gasteiger partial charge is 0.369 e. The first-order valence-electron chi connectivity index (χ1n) is 8.83. The summed E-state index contributed by atoms with van der Waals surface area (Å²) in [6, 6.07) is 5.89. The molecule has 0 saturated heterocycles. The van der Waals surface area contributed by atoms with Crippen molar-refractivity contribution in [1.29, 1.82) is 0 Å². The average Bonchev–Trinajstić information content (AvgIpc) is 2.58. The molecule has 0 bridgehead atoms. The van der Waals surface area contributed by atoms with Crippen LogP contribution in [0.25, 0.3) is 0 Å². The third-order valence-corrected chi connectivity index (χ3v) is 5.18. The van der Waals surface area contributed by atoms with Gasteiger partial charge in [-0.3, -0.25) is 24.7 Å². The number of ketones is 1. The van der Waals surface area contributed by atoms with E-state index in [1.807, 2.05) is 13.8 Å². The molecule has 1 aliphatic carbocycles. The second kappa shape index (κ2) is 6.01. The summed E-state index contributed by atoms with van der Waals surface area (Å²) < 4.78 is 0. The standard InChI is InChI=1S/C19H19N5O4/c1-19(2)7-11-14(12(25)8-19)13(9-3-5-10(6-4-9)24(27)28)15-16(21-11)22-18(20)23-17(15)26/h3-6,13H,7-8H2,1-2H3,(H4,20,21,22,23,26). The highest BCUT2D eigenvalue weighted by atomic mass is 16.6. The molecular weight excluding hydrogens is 362 g/mol. The summed E-state index contributed by atoms with van der Waals surface area (Å²) >= 11 is 0. The normalized spacial score (nSPS) is 20.2. The van der Waals surface area contributed by atoms with Gasteiger partial charge in [0.05, 0.1) is 10.5 Å². The maximum absolute atomic E-state index is 13.0. The molecule has 4 rings (SSSR count). The molecule has 0 saturated carbocycles. The third-order valence-electron chi connectivity index (χ3n) is 5.18. The van der Waals surface area contributed by atoms with Gasteiger partial charge in [-0.15, -0.1) is 0 Å². The van der Waals surface area contributed by atoms with Gasteiger partial charge in [-0.05, 0) is 17.4 Å². The van der Waals surface area contributed by atoms with Gasteiger partial charge < -0.3 is 11.1 Å². The Hall–Kier alpha value is -3.49. The van der Waals surface area contributed by atoms with Gasteiger partial charge >= 0.3 is 0 Å². The van der Waals surface area contributed by atoms with Crippen LogP contribution in [0.15, 0.2) is 40.3 Å².